The summed E-state index contributed by atoms with van der Waals surface area (Å²) in [5.74, 6) is 1.53. The van der Waals surface area contributed by atoms with Gasteiger partial charge in [0.1, 0.15) is 11.5 Å². The van der Waals surface area contributed by atoms with Crippen LogP contribution in [0.2, 0.25) is 0 Å². The molecule has 0 aliphatic rings. The number of hydrogen-bond donors (Lipinski definition) is 2. The summed E-state index contributed by atoms with van der Waals surface area (Å²) in [7, 11) is 3.27. The van der Waals surface area contributed by atoms with E-state index in [1.165, 1.54) is 0 Å². The molecule has 1 aromatic heterocycles. The lowest BCUT2D eigenvalue weighted by molar-refractivity contribution is 0.395. The number of methoxy groups -OCH3 is 2. The zero-order chi connectivity index (χ0) is 12.1. The molecule has 0 amide bonds. The first-order valence-electron chi connectivity index (χ1n) is 5.27. The lowest BCUT2D eigenvalue weighted by atomic mass is 10.2. The van der Waals surface area contributed by atoms with Gasteiger partial charge < -0.3 is 14.8 Å². The molecule has 5 heteroatoms. The molecule has 0 aliphatic carbocycles. The Hall–Kier alpha value is -2.17. The lowest BCUT2D eigenvalue weighted by Gasteiger charge is -2.11. The minimum absolute atomic E-state index is 0.669. The Kier molecular flexibility index (Phi) is 3.49. The van der Waals surface area contributed by atoms with Gasteiger partial charge in [0.25, 0.3) is 0 Å². The van der Waals surface area contributed by atoms with E-state index in [-0.39, 0.29) is 0 Å². The van der Waals surface area contributed by atoms with Gasteiger partial charge in [0, 0.05) is 12.3 Å². The third-order valence-corrected chi connectivity index (χ3v) is 2.44. The topological polar surface area (TPSA) is 59.2 Å². The van der Waals surface area contributed by atoms with Crippen molar-refractivity contribution in [3.8, 4) is 11.5 Å². The van der Waals surface area contributed by atoms with Crippen LogP contribution in [0.3, 0.4) is 0 Å². The van der Waals surface area contributed by atoms with Crippen molar-refractivity contribution in [2.45, 2.75) is 6.54 Å². The summed E-state index contributed by atoms with van der Waals surface area (Å²) in [4.78, 5) is 0. The number of benzene rings is 1. The number of anilines is 1. The molecule has 0 aliphatic heterocycles. The number of ether oxygens (including phenoxy) is 2. The van der Waals surface area contributed by atoms with Crippen LogP contribution in [0.5, 0.6) is 11.5 Å². The first-order valence-corrected chi connectivity index (χ1v) is 5.27. The van der Waals surface area contributed by atoms with E-state index in [0.717, 1.165) is 22.9 Å². The van der Waals surface area contributed by atoms with Gasteiger partial charge >= 0.3 is 0 Å². The first kappa shape index (κ1) is 11.3. The highest BCUT2D eigenvalue weighted by Gasteiger charge is 2.04. The Morgan fingerprint density at radius 3 is 2.76 bits per heavy atom. The molecule has 90 valence electrons. The van der Waals surface area contributed by atoms with Crippen LogP contribution in [0.15, 0.2) is 30.5 Å². The van der Waals surface area contributed by atoms with Gasteiger partial charge in [0.15, 0.2) is 0 Å². The second-order valence-electron chi connectivity index (χ2n) is 3.50. The van der Waals surface area contributed by atoms with E-state index in [4.69, 9.17) is 9.47 Å². The van der Waals surface area contributed by atoms with E-state index in [9.17, 15) is 0 Å². The van der Waals surface area contributed by atoms with Crippen LogP contribution in [0, 0.1) is 0 Å². The summed E-state index contributed by atoms with van der Waals surface area (Å²) in [6, 6.07) is 7.57. The third kappa shape index (κ3) is 2.69. The maximum atomic E-state index is 5.29. The molecule has 0 fully saturated rings. The van der Waals surface area contributed by atoms with Crippen LogP contribution in [0.1, 0.15) is 5.69 Å². The number of rotatable bonds is 5. The summed E-state index contributed by atoms with van der Waals surface area (Å²) in [5.41, 5.74) is 1.94. The average Bonchev–Trinajstić information content (AvgIpc) is 2.89. The lowest BCUT2D eigenvalue weighted by Crippen LogP contribution is -2.02. The largest absolute Gasteiger partial charge is 0.497 e. The Morgan fingerprint density at radius 2 is 2.12 bits per heavy atom. The van der Waals surface area contributed by atoms with Gasteiger partial charge in [-0.05, 0) is 18.2 Å². The van der Waals surface area contributed by atoms with E-state index in [1.807, 2.05) is 24.3 Å². The van der Waals surface area contributed by atoms with Crippen LogP contribution < -0.4 is 14.8 Å². The predicted octanol–water partition coefficient (Wildman–Crippen LogP) is 2.04. The summed E-state index contributed by atoms with van der Waals surface area (Å²) < 4.78 is 10.4. The standard InChI is InChI=1S/C12H15N3O2/c1-16-10-3-4-11(12(7-10)17-2)13-8-9-5-6-14-15-9/h3-7,13H,8H2,1-2H3,(H,14,15). The number of nitrogens with zero attached hydrogens (tertiary/aromatic N) is 1. The van der Waals surface area contributed by atoms with E-state index in [0.29, 0.717) is 6.54 Å². The molecule has 0 saturated carbocycles. The van der Waals surface area contributed by atoms with E-state index >= 15 is 0 Å². The fourth-order valence-corrected chi connectivity index (χ4v) is 1.52. The maximum absolute atomic E-state index is 5.29. The SMILES string of the molecule is COc1ccc(NCc2ccn[nH]2)c(OC)c1. The molecule has 1 heterocycles. The van der Waals surface area contributed by atoms with Gasteiger partial charge in [-0.15, -0.1) is 0 Å². The zero-order valence-corrected chi connectivity index (χ0v) is 9.86. The predicted molar refractivity (Wildman–Crippen MR) is 65.5 cm³/mol. The monoisotopic (exact) mass is 233 g/mol. The van der Waals surface area contributed by atoms with Crippen LogP contribution in [0.25, 0.3) is 0 Å². The fraction of sp³-hybridized carbons (Fsp3) is 0.250. The normalized spacial score (nSPS) is 10.0. The molecule has 0 radical (unpaired) electrons. The van der Waals surface area contributed by atoms with Gasteiger partial charge in [0.2, 0.25) is 0 Å². The van der Waals surface area contributed by atoms with Crippen LogP contribution >= 0.6 is 0 Å². The van der Waals surface area contributed by atoms with Crippen molar-refractivity contribution in [2.24, 2.45) is 0 Å². The number of H-pyrrole nitrogens is 1. The van der Waals surface area contributed by atoms with Crippen molar-refractivity contribution in [2.75, 3.05) is 19.5 Å². The number of aromatic nitrogens is 2. The summed E-state index contributed by atoms with van der Waals surface area (Å²) in [6.45, 7) is 0.669. The van der Waals surface area contributed by atoms with Gasteiger partial charge in [-0.25, -0.2) is 0 Å². The highest BCUT2D eigenvalue weighted by molar-refractivity contribution is 5.59. The molecule has 2 N–H and O–H groups in total. The molecule has 0 spiro atoms. The Morgan fingerprint density at radius 1 is 1.24 bits per heavy atom. The highest BCUT2D eigenvalue weighted by Crippen LogP contribution is 2.29. The number of aromatic amines is 1. The minimum atomic E-state index is 0.669. The van der Waals surface area contributed by atoms with Crippen molar-refractivity contribution in [3.05, 3.63) is 36.2 Å². The highest BCUT2D eigenvalue weighted by atomic mass is 16.5. The number of nitrogens with one attached hydrogen (secondary N) is 2. The molecule has 2 rings (SSSR count). The number of hydrogen-bond acceptors (Lipinski definition) is 4. The molecule has 1 aromatic carbocycles. The quantitative estimate of drug-likeness (QED) is 0.829. The molecular formula is C12H15N3O2. The molecule has 0 bridgehead atoms. The van der Waals surface area contributed by atoms with Gasteiger partial charge in [0.05, 0.1) is 32.1 Å². The molecule has 0 unspecified atom stereocenters. The summed E-state index contributed by atoms with van der Waals surface area (Å²) in [5, 5.41) is 10.0. The van der Waals surface area contributed by atoms with Crippen LogP contribution in [-0.4, -0.2) is 24.4 Å². The molecular weight excluding hydrogens is 218 g/mol. The Balaban J connectivity index is 2.09. The second-order valence-corrected chi connectivity index (χ2v) is 3.50. The second kappa shape index (κ2) is 5.25. The molecule has 17 heavy (non-hydrogen) atoms. The van der Waals surface area contributed by atoms with Gasteiger partial charge in [-0.3, -0.25) is 5.10 Å². The third-order valence-electron chi connectivity index (χ3n) is 2.44. The van der Waals surface area contributed by atoms with Crippen molar-refractivity contribution >= 4 is 5.69 Å². The van der Waals surface area contributed by atoms with Crippen molar-refractivity contribution in [3.63, 3.8) is 0 Å². The smallest absolute Gasteiger partial charge is 0.145 e. The van der Waals surface area contributed by atoms with Crippen molar-refractivity contribution in [1.82, 2.24) is 10.2 Å². The average molecular weight is 233 g/mol. The summed E-state index contributed by atoms with van der Waals surface area (Å²) >= 11 is 0. The molecule has 2 aromatic rings. The first-order chi connectivity index (χ1) is 8.33. The molecule has 0 atom stereocenters. The molecule has 5 nitrogen and oxygen atoms in total. The van der Waals surface area contributed by atoms with Crippen molar-refractivity contribution in [1.29, 1.82) is 0 Å². The van der Waals surface area contributed by atoms with Crippen LogP contribution in [-0.2, 0) is 6.54 Å². The molecule has 0 saturated heterocycles. The fourth-order valence-electron chi connectivity index (χ4n) is 1.52. The summed E-state index contributed by atoms with van der Waals surface area (Å²) in [6.07, 6.45) is 1.72. The Bertz CT molecular complexity index is 469. The Labute approximate surface area is 99.8 Å². The van der Waals surface area contributed by atoms with Crippen LogP contribution in [0.4, 0.5) is 5.69 Å². The van der Waals surface area contributed by atoms with E-state index in [1.54, 1.807) is 20.4 Å². The zero-order valence-electron chi connectivity index (χ0n) is 9.86. The van der Waals surface area contributed by atoms with Gasteiger partial charge in [-0.2, -0.15) is 5.10 Å². The van der Waals surface area contributed by atoms with Gasteiger partial charge in [-0.1, -0.05) is 0 Å². The van der Waals surface area contributed by atoms with E-state index in [2.05, 4.69) is 15.5 Å². The minimum Gasteiger partial charge on any atom is -0.497 e. The maximum Gasteiger partial charge on any atom is 0.145 e. The van der Waals surface area contributed by atoms with Crippen molar-refractivity contribution < 1.29 is 9.47 Å². The van der Waals surface area contributed by atoms with E-state index < -0.39 is 0 Å².